The highest BCUT2D eigenvalue weighted by Crippen LogP contribution is 2.40. The number of nitrogens with one attached hydrogen (secondary N) is 1. The van der Waals surface area contributed by atoms with Crippen LogP contribution in [0.4, 0.5) is 11.7 Å². The number of oxazole rings is 1. The van der Waals surface area contributed by atoms with E-state index in [0.717, 1.165) is 19.3 Å². The molecule has 2 aromatic rings. The molecule has 1 aliphatic carbocycles. The molecule has 2 N–H and O–H groups in total. The van der Waals surface area contributed by atoms with Crippen molar-refractivity contribution in [2.45, 2.75) is 58.2 Å². The Morgan fingerprint density at radius 1 is 1.41 bits per heavy atom. The SMILES string of the molecule is CCc1oc(N2CC(C)(OC)C2)nc1C(=O)Nc1cc(O)c(OC2CCC(C)C2)c(Cl)c1. The Hall–Kier alpha value is -2.45. The van der Waals surface area contributed by atoms with Crippen molar-refractivity contribution in [3.05, 3.63) is 28.6 Å². The van der Waals surface area contributed by atoms with E-state index in [1.807, 2.05) is 18.7 Å². The fourth-order valence-electron chi connectivity index (χ4n) is 4.30. The Balaban J connectivity index is 1.47. The molecule has 1 saturated heterocycles. The van der Waals surface area contributed by atoms with E-state index in [2.05, 4.69) is 17.2 Å². The Kier molecular flexibility index (Phi) is 6.27. The minimum atomic E-state index is -0.430. The Morgan fingerprint density at radius 3 is 2.75 bits per heavy atom. The summed E-state index contributed by atoms with van der Waals surface area (Å²) in [5, 5.41) is 13.5. The van der Waals surface area contributed by atoms with Gasteiger partial charge in [-0.2, -0.15) is 4.98 Å². The van der Waals surface area contributed by atoms with E-state index in [-0.39, 0.29) is 33.9 Å². The number of phenolic OH excluding ortho intramolecular Hbond substituents is 1. The zero-order valence-corrected chi connectivity index (χ0v) is 19.7. The number of methoxy groups -OCH3 is 1. The molecule has 2 heterocycles. The molecular weight excluding hydrogens is 434 g/mol. The van der Waals surface area contributed by atoms with Gasteiger partial charge in [0.25, 0.3) is 11.9 Å². The van der Waals surface area contributed by atoms with Gasteiger partial charge >= 0.3 is 0 Å². The lowest BCUT2D eigenvalue weighted by Crippen LogP contribution is -2.61. The molecule has 9 heteroatoms. The van der Waals surface area contributed by atoms with E-state index in [1.165, 1.54) is 6.07 Å². The van der Waals surface area contributed by atoms with Crippen molar-refractivity contribution in [3.63, 3.8) is 0 Å². The standard InChI is InChI=1S/C23H30ClN3O5/c1-5-18-19(26-22(32-18)27-11-23(3,12-27)30-4)21(29)25-14-9-16(24)20(17(28)10-14)31-15-7-6-13(2)8-15/h9-10,13,15,28H,5-8,11-12H2,1-4H3,(H,25,29). The zero-order valence-electron chi connectivity index (χ0n) is 18.9. The molecule has 1 saturated carbocycles. The number of benzene rings is 1. The number of rotatable bonds is 7. The molecule has 2 unspecified atom stereocenters. The number of nitrogens with zero attached hydrogens (tertiary/aromatic N) is 2. The average molecular weight is 464 g/mol. The van der Waals surface area contributed by atoms with Crippen LogP contribution in [0.25, 0.3) is 0 Å². The van der Waals surface area contributed by atoms with Gasteiger partial charge in [0.2, 0.25) is 0 Å². The van der Waals surface area contributed by atoms with Crippen LogP contribution in [0.1, 0.15) is 56.3 Å². The van der Waals surface area contributed by atoms with Gasteiger partial charge in [0.05, 0.1) is 24.2 Å². The molecule has 0 radical (unpaired) electrons. The van der Waals surface area contributed by atoms with Crippen molar-refractivity contribution in [1.29, 1.82) is 0 Å². The molecule has 1 aliphatic heterocycles. The first-order chi connectivity index (χ1) is 15.2. The van der Waals surface area contributed by atoms with Crippen molar-refractivity contribution in [2.75, 3.05) is 30.4 Å². The summed E-state index contributed by atoms with van der Waals surface area (Å²) in [7, 11) is 1.67. The summed E-state index contributed by atoms with van der Waals surface area (Å²) >= 11 is 6.36. The van der Waals surface area contributed by atoms with Crippen molar-refractivity contribution >= 4 is 29.2 Å². The number of amides is 1. The number of hydrogen-bond acceptors (Lipinski definition) is 7. The molecule has 2 fully saturated rings. The third kappa shape index (κ3) is 4.52. The summed E-state index contributed by atoms with van der Waals surface area (Å²) in [5.41, 5.74) is 0.328. The molecule has 1 amide bonds. The van der Waals surface area contributed by atoms with Gasteiger partial charge in [-0.25, -0.2) is 0 Å². The lowest BCUT2D eigenvalue weighted by Gasteiger charge is -2.45. The van der Waals surface area contributed by atoms with E-state index >= 15 is 0 Å². The fourth-order valence-corrected chi connectivity index (χ4v) is 4.56. The molecular formula is C23H30ClN3O5. The number of aromatic hydroxyl groups is 1. The van der Waals surface area contributed by atoms with Crippen LogP contribution in [0.15, 0.2) is 16.5 Å². The number of aromatic nitrogens is 1. The minimum absolute atomic E-state index is 0.0379. The third-order valence-corrected chi connectivity index (χ3v) is 6.53. The first kappa shape index (κ1) is 22.7. The van der Waals surface area contributed by atoms with E-state index in [9.17, 15) is 9.90 Å². The Morgan fingerprint density at radius 2 is 2.16 bits per heavy atom. The zero-order chi connectivity index (χ0) is 23.0. The van der Waals surface area contributed by atoms with E-state index in [1.54, 1.807) is 13.2 Å². The summed E-state index contributed by atoms with van der Waals surface area (Å²) in [4.78, 5) is 19.2. The summed E-state index contributed by atoms with van der Waals surface area (Å²) in [6, 6.07) is 3.40. The first-order valence-electron chi connectivity index (χ1n) is 11.0. The molecule has 0 bridgehead atoms. The predicted octanol–water partition coefficient (Wildman–Crippen LogP) is 4.64. The van der Waals surface area contributed by atoms with E-state index in [4.69, 9.17) is 25.5 Å². The number of anilines is 2. The fraction of sp³-hybridized carbons (Fsp3) is 0.565. The highest BCUT2D eigenvalue weighted by molar-refractivity contribution is 6.32. The summed E-state index contributed by atoms with van der Waals surface area (Å²) in [6.45, 7) is 7.37. The second-order valence-electron chi connectivity index (χ2n) is 9.05. The lowest BCUT2D eigenvalue weighted by molar-refractivity contribution is -0.0191. The average Bonchev–Trinajstić information content (AvgIpc) is 3.34. The number of carbonyl (C=O) groups is 1. The number of ether oxygens (including phenoxy) is 2. The molecule has 2 aliphatic rings. The van der Waals surface area contributed by atoms with Crippen LogP contribution in [0.3, 0.4) is 0 Å². The lowest BCUT2D eigenvalue weighted by atomic mass is 9.97. The molecule has 32 heavy (non-hydrogen) atoms. The van der Waals surface area contributed by atoms with Gasteiger partial charge in [-0.15, -0.1) is 0 Å². The summed E-state index contributed by atoms with van der Waals surface area (Å²) in [6.07, 6.45) is 3.52. The molecule has 1 aromatic carbocycles. The number of phenols is 1. The maximum absolute atomic E-state index is 12.9. The van der Waals surface area contributed by atoms with Gasteiger partial charge in [-0.05, 0) is 38.2 Å². The van der Waals surface area contributed by atoms with Gasteiger partial charge in [0.1, 0.15) is 11.4 Å². The van der Waals surface area contributed by atoms with Crippen LogP contribution in [0, 0.1) is 5.92 Å². The molecule has 8 nitrogen and oxygen atoms in total. The van der Waals surface area contributed by atoms with Crippen molar-refractivity contribution in [1.82, 2.24) is 4.98 Å². The number of aryl methyl sites for hydroxylation is 1. The molecule has 0 spiro atoms. The van der Waals surface area contributed by atoms with Crippen LogP contribution >= 0.6 is 11.6 Å². The quantitative estimate of drug-likeness (QED) is 0.617. The van der Waals surface area contributed by atoms with Crippen molar-refractivity contribution in [3.8, 4) is 11.5 Å². The van der Waals surface area contributed by atoms with Gasteiger partial charge in [-0.1, -0.05) is 25.4 Å². The highest BCUT2D eigenvalue weighted by atomic mass is 35.5. The van der Waals surface area contributed by atoms with Crippen molar-refractivity contribution < 1.29 is 23.8 Å². The second kappa shape index (κ2) is 8.83. The van der Waals surface area contributed by atoms with Crippen LogP contribution in [-0.2, 0) is 11.2 Å². The topological polar surface area (TPSA) is 97.1 Å². The number of carbonyl (C=O) groups excluding carboxylic acids is 1. The smallest absolute Gasteiger partial charge is 0.298 e. The first-order valence-corrected chi connectivity index (χ1v) is 11.4. The normalized spacial score (nSPS) is 22.0. The van der Waals surface area contributed by atoms with Crippen LogP contribution < -0.4 is 15.0 Å². The number of hydrogen-bond donors (Lipinski definition) is 2. The monoisotopic (exact) mass is 463 g/mol. The third-order valence-electron chi connectivity index (χ3n) is 6.25. The van der Waals surface area contributed by atoms with Gasteiger partial charge in [-0.3, -0.25) is 4.79 Å². The van der Waals surface area contributed by atoms with Gasteiger partial charge in [0, 0.05) is 25.3 Å². The molecule has 1 aromatic heterocycles. The minimum Gasteiger partial charge on any atom is -0.504 e. The maximum atomic E-state index is 12.9. The summed E-state index contributed by atoms with van der Waals surface area (Å²) < 4.78 is 17.2. The maximum Gasteiger partial charge on any atom is 0.298 e. The molecule has 4 rings (SSSR count). The Bertz CT molecular complexity index is 979. The predicted molar refractivity (Wildman–Crippen MR) is 122 cm³/mol. The highest BCUT2D eigenvalue weighted by Gasteiger charge is 2.41. The second-order valence-corrected chi connectivity index (χ2v) is 9.46. The number of halogens is 1. The molecule has 174 valence electrons. The van der Waals surface area contributed by atoms with Crippen LogP contribution in [0.2, 0.25) is 5.02 Å². The van der Waals surface area contributed by atoms with E-state index in [0.29, 0.717) is 42.9 Å². The van der Waals surface area contributed by atoms with Gasteiger partial charge < -0.3 is 29.2 Å². The Labute approximate surface area is 192 Å². The van der Waals surface area contributed by atoms with Crippen LogP contribution in [0.5, 0.6) is 11.5 Å². The van der Waals surface area contributed by atoms with Crippen LogP contribution in [-0.4, -0.2) is 47.9 Å². The summed E-state index contributed by atoms with van der Waals surface area (Å²) in [5.74, 6) is 0.804. The van der Waals surface area contributed by atoms with Gasteiger partial charge in [0.15, 0.2) is 17.2 Å². The molecule has 2 atom stereocenters. The van der Waals surface area contributed by atoms with E-state index < -0.39 is 5.91 Å². The largest absolute Gasteiger partial charge is 0.504 e. The van der Waals surface area contributed by atoms with Crippen molar-refractivity contribution in [2.24, 2.45) is 5.92 Å².